The lowest BCUT2D eigenvalue weighted by molar-refractivity contribution is -0.116. The summed E-state index contributed by atoms with van der Waals surface area (Å²) in [6, 6.07) is 9.96. The van der Waals surface area contributed by atoms with Gasteiger partial charge in [-0.25, -0.2) is 5.43 Å². The third-order valence-electron chi connectivity index (χ3n) is 3.83. The second kappa shape index (κ2) is 13.0. The minimum Gasteiger partial charge on any atom is -0.495 e. The summed E-state index contributed by atoms with van der Waals surface area (Å²) in [5, 5.41) is 16.6. The molecule has 0 aliphatic heterocycles. The van der Waals surface area contributed by atoms with E-state index >= 15 is 0 Å². The molecule has 5 nitrogen and oxygen atoms in total. The minimum atomic E-state index is -0.435. The van der Waals surface area contributed by atoms with E-state index in [4.69, 9.17) is 0 Å². The molecule has 0 atom stereocenters. The van der Waals surface area contributed by atoms with Gasteiger partial charge in [-0.05, 0) is 31.7 Å². The largest absolute Gasteiger partial charge is 0.495 e. The number of nitrogens with zero attached hydrogens (tertiary/aromatic N) is 1. The molecule has 0 unspecified atom stereocenters. The molecular formula is C20H31N3O2. The lowest BCUT2D eigenvalue weighted by Crippen LogP contribution is -2.21. The van der Waals surface area contributed by atoms with Crippen molar-refractivity contribution in [3.63, 3.8) is 0 Å². The van der Waals surface area contributed by atoms with E-state index in [2.05, 4.69) is 22.8 Å². The number of nitrogens with one attached hydrogen (secondary N) is 2. The second-order valence-corrected chi connectivity index (χ2v) is 6.18. The van der Waals surface area contributed by atoms with Crippen LogP contribution in [0.5, 0.6) is 0 Å². The number of rotatable bonds is 12. The molecule has 138 valence electrons. The molecule has 0 aromatic heterocycles. The van der Waals surface area contributed by atoms with Gasteiger partial charge in [0.2, 0.25) is 0 Å². The molecule has 1 amide bonds. The van der Waals surface area contributed by atoms with Gasteiger partial charge in [-0.1, -0.05) is 62.9 Å². The molecule has 0 spiro atoms. The molecule has 0 saturated heterocycles. The quantitative estimate of drug-likeness (QED) is 0.176. The molecule has 1 aromatic rings. The molecule has 0 radical (unpaired) electrons. The molecule has 0 aliphatic rings. The van der Waals surface area contributed by atoms with Crippen molar-refractivity contribution in [3.05, 3.63) is 47.9 Å². The molecule has 1 rings (SSSR count). The third kappa shape index (κ3) is 11.0. The van der Waals surface area contributed by atoms with Crippen LogP contribution in [0, 0.1) is 0 Å². The van der Waals surface area contributed by atoms with Crippen LogP contribution in [-0.2, 0) is 11.2 Å². The maximum atomic E-state index is 11.7. The van der Waals surface area contributed by atoms with Crippen LogP contribution in [0.4, 0.5) is 0 Å². The van der Waals surface area contributed by atoms with Crippen LogP contribution in [0.25, 0.3) is 0 Å². The van der Waals surface area contributed by atoms with E-state index in [0.29, 0.717) is 6.54 Å². The number of carbonyl (C=O) groups is 1. The maximum absolute atomic E-state index is 11.7. The van der Waals surface area contributed by atoms with Crippen LogP contribution in [0.15, 0.2) is 47.4 Å². The minimum absolute atomic E-state index is 0.152. The van der Waals surface area contributed by atoms with Crippen molar-refractivity contribution in [1.82, 2.24) is 10.7 Å². The van der Waals surface area contributed by atoms with Gasteiger partial charge in [0.25, 0.3) is 5.91 Å². The SMILES string of the molecule is CCCCCCC/C(C)=N/NC(=O)/C=C(\O)NCCc1ccccc1. The van der Waals surface area contributed by atoms with Gasteiger partial charge in [-0.2, -0.15) is 5.10 Å². The highest BCUT2D eigenvalue weighted by molar-refractivity contribution is 5.89. The Morgan fingerprint density at radius 3 is 2.60 bits per heavy atom. The highest BCUT2D eigenvalue weighted by Crippen LogP contribution is 2.05. The first-order chi connectivity index (χ1) is 12.1. The average molecular weight is 345 g/mol. The molecule has 5 heteroatoms. The predicted molar refractivity (Wildman–Crippen MR) is 103 cm³/mol. The van der Waals surface area contributed by atoms with Gasteiger partial charge in [0.1, 0.15) is 0 Å². The molecule has 1 aromatic carbocycles. The summed E-state index contributed by atoms with van der Waals surface area (Å²) in [7, 11) is 0. The van der Waals surface area contributed by atoms with Crippen LogP contribution in [-0.4, -0.2) is 23.3 Å². The van der Waals surface area contributed by atoms with Gasteiger partial charge in [-0.3, -0.25) is 4.79 Å². The van der Waals surface area contributed by atoms with Gasteiger partial charge >= 0.3 is 0 Å². The van der Waals surface area contributed by atoms with Crippen molar-refractivity contribution in [3.8, 4) is 0 Å². The van der Waals surface area contributed by atoms with Gasteiger partial charge in [-0.15, -0.1) is 0 Å². The van der Waals surface area contributed by atoms with Gasteiger partial charge in [0.15, 0.2) is 5.88 Å². The second-order valence-electron chi connectivity index (χ2n) is 6.18. The summed E-state index contributed by atoms with van der Waals surface area (Å²) >= 11 is 0. The smallest absolute Gasteiger partial charge is 0.269 e. The molecular weight excluding hydrogens is 314 g/mol. The number of hydrazone groups is 1. The first kappa shape index (κ1) is 20.7. The lowest BCUT2D eigenvalue weighted by Gasteiger charge is -2.05. The number of carbonyl (C=O) groups excluding carboxylic acids is 1. The van der Waals surface area contributed by atoms with Crippen LogP contribution in [0.2, 0.25) is 0 Å². The lowest BCUT2D eigenvalue weighted by atomic mass is 10.1. The highest BCUT2D eigenvalue weighted by Gasteiger charge is 2.00. The molecule has 0 bridgehead atoms. The summed E-state index contributed by atoms with van der Waals surface area (Å²) in [6.07, 6.45) is 8.82. The maximum Gasteiger partial charge on any atom is 0.269 e. The summed E-state index contributed by atoms with van der Waals surface area (Å²) in [6.45, 7) is 4.66. The standard InChI is InChI=1S/C20H31N3O2/c1-3-4-5-6-8-11-17(2)22-23-20(25)16-19(24)21-15-14-18-12-9-7-10-13-18/h7,9-10,12-13,16,21,24H,3-6,8,11,14-15H2,1-2H3,(H,23,25)/b19-16-,22-17+. The van der Waals surface area contributed by atoms with Gasteiger partial charge < -0.3 is 10.4 Å². The van der Waals surface area contributed by atoms with E-state index in [0.717, 1.165) is 31.1 Å². The van der Waals surface area contributed by atoms with Crippen molar-refractivity contribution in [2.24, 2.45) is 5.10 Å². The van der Waals surface area contributed by atoms with Crippen LogP contribution in [0.1, 0.15) is 57.9 Å². The van der Waals surface area contributed by atoms with Crippen molar-refractivity contribution in [1.29, 1.82) is 0 Å². The fourth-order valence-electron chi connectivity index (χ4n) is 2.38. The Hall–Kier alpha value is -2.30. The molecule has 0 fully saturated rings. The van der Waals surface area contributed by atoms with E-state index in [1.54, 1.807) is 0 Å². The van der Waals surface area contributed by atoms with E-state index in [1.807, 2.05) is 37.3 Å². The zero-order chi connectivity index (χ0) is 18.3. The Bertz CT molecular complexity index is 553. The summed E-state index contributed by atoms with van der Waals surface area (Å²) in [5.74, 6) is -0.587. The molecule has 3 N–H and O–H groups in total. The molecule has 25 heavy (non-hydrogen) atoms. The summed E-state index contributed by atoms with van der Waals surface area (Å²) in [5.41, 5.74) is 4.52. The number of aliphatic hydroxyl groups excluding tert-OH is 1. The first-order valence-electron chi connectivity index (χ1n) is 9.13. The predicted octanol–water partition coefficient (Wildman–Crippen LogP) is 4.07. The Morgan fingerprint density at radius 2 is 1.88 bits per heavy atom. The van der Waals surface area contributed by atoms with E-state index in [1.165, 1.54) is 31.2 Å². The van der Waals surface area contributed by atoms with Crippen LogP contribution < -0.4 is 10.7 Å². The normalized spacial score (nSPS) is 12.1. The topological polar surface area (TPSA) is 73.7 Å². The van der Waals surface area contributed by atoms with Crippen molar-refractivity contribution in [2.75, 3.05) is 6.54 Å². The molecule has 0 aliphatic carbocycles. The van der Waals surface area contributed by atoms with E-state index in [-0.39, 0.29) is 5.88 Å². The van der Waals surface area contributed by atoms with Crippen molar-refractivity contribution < 1.29 is 9.90 Å². The zero-order valence-electron chi connectivity index (χ0n) is 15.4. The number of aliphatic hydroxyl groups is 1. The number of benzene rings is 1. The first-order valence-corrected chi connectivity index (χ1v) is 9.13. The number of hydrogen-bond donors (Lipinski definition) is 3. The summed E-state index contributed by atoms with van der Waals surface area (Å²) in [4.78, 5) is 11.7. The number of unbranched alkanes of at least 4 members (excludes halogenated alkanes) is 4. The van der Waals surface area contributed by atoms with E-state index in [9.17, 15) is 9.90 Å². The highest BCUT2D eigenvalue weighted by atomic mass is 16.3. The Kier molecular flexibility index (Phi) is 10.8. The van der Waals surface area contributed by atoms with Crippen molar-refractivity contribution >= 4 is 11.6 Å². The molecule has 0 heterocycles. The van der Waals surface area contributed by atoms with Gasteiger partial charge in [0, 0.05) is 12.3 Å². The summed E-state index contributed by atoms with van der Waals surface area (Å²) < 4.78 is 0. The zero-order valence-corrected chi connectivity index (χ0v) is 15.4. The van der Waals surface area contributed by atoms with Gasteiger partial charge in [0.05, 0.1) is 6.08 Å². The monoisotopic (exact) mass is 345 g/mol. The number of amides is 1. The fourth-order valence-corrected chi connectivity index (χ4v) is 2.38. The fraction of sp³-hybridized carbons (Fsp3) is 0.500. The Morgan fingerprint density at radius 1 is 1.16 bits per heavy atom. The average Bonchev–Trinajstić information content (AvgIpc) is 2.60. The number of hydrogen-bond acceptors (Lipinski definition) is 4. The van der Waals surface area contributed by atoms with Crippen LogP contribution >= 0.6 is 0 Å². The van der Waals surface area contributed by atoms with Crippen LogP contribution in [0.3, 0.4) is 0 Å². The Balaban J connectivity index is 2.22. The molecule has 0 saturated carbocycles. The third-order valence-corrected chi connectivity index (χ3v) is 3.83. The van der Waals surface area contributed by atoms with Crippen molar-refractivity contribution in [2.45, 2.75) is 58.8 Å². The van der Waals surface area contributed by atoms with E-state index < -0.39 is 5.91 Å². The Labute approximate surface area is 151 Å².